The number of carbonyl (C=O) groups is 2. The molecule has 0 heterocycles. The van der Waals surface area contributed by atoms with Crippen molar-refractivity contribution in [3.8, 4) is 0 Å². The minimum absolute atomic E-state index is 0.145. The van der Waals surface area contributed by atoms with Crippen LogP contribution < -0.4 is 0 Å². The predicted octanol–water partition coefficient (Wildman–Crippen LogP) is 2.35. The number of hydrogen-bond donors (Lipinski definition) is 1. The Bertz CT molecular complexity index is 444. The minimum atomic E-state index is -1.70. The van der Waals surface area contributed by atoms with Gasteiger partial charge in [0.1, 0.15) is 0 Å². The molecule has 0 saturated heterocycles. The van der Waals surface area contributed by atoms with E-state index in [9.17, 15) is 14.7 Å². The van der Waals surface area contributed by atoms with Gasteiger partial charge in [0.25, 0.3) is 0 Å². The van der Waals surface area contributed by atoms with Gasteiger partial charge in [0.2, 0.25) is 0 Å². The summed E-state index contributed by atoms with van der Waals surface area (Å²) in [6, 6.07) is 6.71. The molecule has 1 rings (SSSR count). The second kappa shape index (κ2) is 5.31. The lowest BCUT2D eigenvalue weighted by Crippen LogP contribution is -2.42. The number of hydrogen-bond acceptors (Lipinski definition) is 3. The topological polar surface area (TPSA) is 63.6 Å². The van der Waals surface area contributed by atoms with Crippen molar-refractivity contribution in [3.63, 3.8) is 0 Å². The van der Waals surface area contributed by atoms with Crippen LogP contribution in [0.15, 0.2) is 28.7 Å². The highest BCUT2D eigenvalue weighted by Gasteiger charge is 2.45. The van der Waals surface area contributed by atoms with E-state index in [4.69, 9.17) is 4.74 Å². The third-order valence-electron chi connectivity index (χ3n) is 2.52. The Morgan fingerprint density at radius 1 is 1.41 bits per heavy atom. The summed E-state index contributed by atoms with van der Waals surface area (Å²) in [6.07, 6.45) is 0. The van der Waals surface area contributed by atoms with E-state index in [2.05, 4.69) is 15.9 Å². The second-order valence-electron chi connectivity index (χ2n) is 3.63. The Morgan fingerprint density at radius 2 is 2.00 bits per heavy atom. The number of carbonyl (C=O) groups excluding carboxylic acids is 1. The molecule has 0 fully saturated rings. The van der Waals surface area contributed by atoms with Gasteiger partial charge in [0, 0.05) is 4.47 Å². The van der Waals surface area contributed by atoms with Crippen molar-refractivity contribution in [2.75, 3.05) is 6.61 Å². The molecule has 0 saturated carbocycles. The van der Waals surface area contributed by atoms with Gasteiger partial charge in [-0.05, 0) is 25.5 Å². The smallest absolute Gasteiger partial charge is 0.327 e. The average Bonchev–Trinajstić information content (AvgIpc) is 2.28. The highest BCUT2D eigenvalue weighted by molar-refractivity contribution is 9.10. The van der Waals surface area contributed by atoms with Crippen molar-refractivity contribution in [1.29, 1.82) is 0 Å². The molecule has 1 atom stereocenters. The lowest BCUT2D eigenvalue weighted by Gasteiger charge is -2.24. The molecular formula is C12H13BrO4. The number of benzene rings is 1. The lowest BCUT2D eigenvalue weighted by molar-refractivity contribution is -0.160. The second-order valence-corrected chi connectivity index (χ2v) is 4.48. The van der Waals surface area contributed by atoms with Gasteiger partial charge in [-0.3, -0.25) is 9.59 Å². The van der Waals surface area contributed by atoms with Gasteiger partial charge in [0.15, 0.2) is 5.41 Å². The average molecular weight is 301 g/mol. The fourth-order valence-electron chi connectivity index (χ4n) is 1.45. The molecule has 0 amide bonds. The molecule has 1 aromatic rings. The molecule has 5 heteroatoms. The number of esters is 1. The Kier molecular flexibility index (Phi) is 4.28. The van der Waals surface area contributed by atoms with Gasteiger partial charge in [0.05, 0.1) is 6.61 Å². The molecule has 0 radical (unpaired) electrons. The quantitative estimate of drug-likeness (QED) is 0.685. The number of ether oxygens (including phenoxy) is 1. The Balaban J connectivity index is 3.31. The van der Waals surface area contributed by atoms with E-state index in [1.807, 2.05) is 0 Å². The fourth-order valence-corrected chi connectivity index (χ4v) is 2.14. The molecule has 0 bridgehead atoms. The van der Waals surface area contributed by atoms with Gasteiger partial charge in [-0.25, -0.2) is 0 Å². The summed E-state index contributed by atoms with van der Waals surface area (Å²) in [6.45, 7) is 3.12. The maximum atomic E-state index is 11.8. The van der Waals surface area contributed by atoms with Crippen LogP contribution in [0.4, 0.5) is 0 Å². The van der Waals surface area contributed by atoms with E-state index in [-0.39, 0.29) is 6.61 Å². The Labute approximate surface area is 108 Å². The van der Waals surface area contributed by atoms with E-state index < -0.39 is 17.4 Å². The van der Waals surface area contributed by atoms with Crippen LogP contribution in [0.1, 0.15) is 19.4 Å². The van der Waals surface area contributed by atoms with Gasteiger partial charge < -0.3 is 9.84 Å². The molecule has 92 valence electrons. The maximum Gasteiger partial charge on any atom is 0.327 e. The van der Waals surface area contributed by atoms with Crippen LogP contribution in [0.25, 0.3) is 0 Å². The van der Waals surface area contributed by atoms with Crippen molar-refractivity contribution in [1.82, 2.24) is 0 Å². The fraction of sp³-hybridized carbons (Fsp3) is 0.333. The van der Waals surface area contributed by atoms with Crippen LogP contribution >= 0.6 is 15.9 Å². The molecule has 0 aromatic heterocycles. The Hall–Kier alpha value is -1.36. The highest BCUT2D eigenvalue weighted by Crippen LogP contribution is 2.31. The number of aliphatic carboxylic acids is 1. The normalized spacial score (nSPS) is 13.8. The predicted molar refractivity (Wildman–Crippen MR) is 65.8 cm³/mol. The maximum absolute atomic E-state index is 11.8. The molecule has 0 aliphatic heterocycles. The summed E-state index contributed by atoms with van der Waals surface area (Å²) in [7, 11) is 0. The third-order valence-corrected chi connectivity index (χ3v) is 3.22. The van der Waals surface area contributed by atoms with Crippen LogP contribution in [0.5, 0.6) is 0 Å². The number of halogens is 1. The summed E-state index contributed by atoms with van der Waals surface area (Å²) < 4.78 is 5.40. The molecule has 0 spiro atoms. The molecule has 0 aliphatic rings. The van der Waals surface area contributed by atoms with Crippen molar-refractivity contribution >= 4 is 27.9 Å². The first-order chi connectivity index (χ1) is 7.94. The first-order valence-corrected chi connectivity index (χ1v) is 5.89. The summed E-state index contributed by atoms with van der Waals surface area (Å²) in [4.78, 5) is 23.2. The lowest BCUT2D eigenvalue weighted by atomic mass is 9.82. The molecule has 4 nitrogen and oxygen atoms in total. The van der Waals surface area contributed by atoms with Crippen molar-refractivity contribution < 1.29 is 19.4 Å². The van der Waals surface area contributed by atoms with E-state index in [0.717, 1.165) is 0 Å². The molecule has 0 aliphatic carbocycles. The van der Waals surface area contributed by atoms with Crippen LogP contribution in [0.2, 0.25) is 0 Å². The zero-order valence-corrected chi connectivity index (χ0v) is 11.2. The van der Waals surface area contributed by atoms with Gasteiger partial charge in [-0.15, -0.1) is 0 Å². The van der Waals surface area contributed by atoms with Crippen LogP contribution in [-0.4, -0.2) is 23.7 Å². The van der Waals surface area contributed by atoms with Gasteiger partial charge >= 0.3 is 11.9 Å². The molecule has 17 heavy (non-hydrogen) atoms. The SMILES string of the molecule is CCOC(=O)C(C)(C(=O)O)c1ccccc1Br. The molecular weight excluding hydrogens is 288 g/mol. The summed E-state index contributed by atoms with van der Waals surface area (Å²) in [5.74, 6) is -2.00. The zero-order valence-electron chi connectivity index (χ0n) is 9.57. The first-order valence-electron chi connectivity index (χ1n) is 5.10. The summed E-state index contributed by atoms with van der Waals surface area (Å²) in [5, 5.41) is 9.29. The first kappa shape index (κ1) is 13.7. The third kappa shape index (κ3) is 2.49. The van der Waals surface area contributed by atoms with E-state index in [1.54, 1.807) is 31.2 Å². The van der Waals surface area contributed by atoms with Gasteiger partial charge in [-0.1, -0.05) is 34.1 Å². The van der Waals surface area contributed by atoms with Gasteiger partial charge in [-0.2, -0.15) is 0 Å². The molecule has 1 aromatic carbocycles. The number of carboxylic acids is 1. The van der Waals surface area contributed by atoms with Crippen LogP contribution in [-0.2, 0) is 19.7 Å². The number of rotatable bonds is 4. The molecule has 1 N–H and O–H groups in total. The zero-order chi connectivity index (χ0) is 13.1. The monoisotopic (exact) mass is 300 g/mol. The summed E-state index contributed by atoms with van der Waals surface area (Å²) >= 11 is 3.25. The number of carboxylic acid groups (broad SMARTS) is 1. The summed E-state index contributed by atoms with van der Waals surface area (Å²) in [5.41, 5.74) is -1.32. The van der Waals surface area contributed by atoms with E-state index >= 15 is 0 Å². The molecule has 1 unspecified atom stereocenters. The van der Waals surface area contributed by atoms with E-state index in [0.29, 0.717) is 10.0 Å². The van der Waals surface area contributed by atoms with Crippen LogP contribution in [0, 0.1) is 0 Å². The van der Waals surface area contributed by atoms with E-state index in [1.165, 1.54) is 6.92 Å². The standard InChI is InChI=1S/C12H13BrO4/c1-3-17-11(16)12(2,10(14)15)8-6-4-5-7-9(8)13/h4-7H,3H2,1-2H3,(H,14,15). The van der Waals surface area contributed by atoms with Crippen LogP contribution in [0.3, 0.4) is 0 Å². The highest BCUT2D eigenvalue weighted by atomic mass is 79.9. The Morgan fingerprint density at radius 3 is 2.47 bits per heavy atom. The van der Waals surface area contributed by atoms with Crippen molar-refractivity contribution in [3.05, 3.63) is 34.3 Å². The largest absolute Gasteiger partial charge is 0.480 e. The van der Waals surface area contributed by atoms with Crippen molar-refractivity contribution in [2.24, 2.45) is 0 Å². The minimum Gasteiger partial charge on any atom is -0.480 e. The van der Waals surface area contributed by atoms with Crippen molar-refractivity contribution in [2.45, 2.75) is 19.3 Å².